The maximum Gasteiger partial charge on any atom is 0.235 e. The minimum Gasteiger partial charge on any atom is -0.280 e. The Bertz CT molecular complexity index is 914. The van der Waals surface area contributed by atoms with Crippen LogP contribution in [0.5, 0.6) is 0 Å². The van der Waals surface area contributed by atoms with Crippen LogP contribution in [-0.2, 0) is 6.42 Å². The summed E-state index contributed by atoms with van der Waals surface area (Å²) in [5, 5.41) is 2.25. The summed E-state index contributed by atoms with van der Waals surface area (Å²) in [6.45, 7) is 0. The van der Waals surface area contributed by atoms with Gasteiger partial charge < -0.3 is 0 Å². The second kappa shape index (κ2) is 5.15. The van der Waals surface area contributed by atoms with Gasteiger partial charge in [0.25, 0.3) is 0 Å². The Morgan fingerprint density at radius 1 is 0.682 bits per heavy atom. The predicted octanol–water partition coefficient (Wildman–Crippen LogP) is 4.68. The number of carbonyl (C=O) groups excluding carboxylic acids is 1. The molecule has 0 saturated carbocycles. The predicted molar refractivity (Wildman–Crippen MR) is 90.2 cm³/mol. The molecule has 0 saturated heterocycles. The summed E-state index contributed by atoms with van der Waals surface area (Å²) >= 11 is 0. The van der Waals surface area contributed by atoms with E-state index in [0.29, 0.717) is 6.42 Å². The van der Waals surface area contributed by atoms with Crippen LogP contribution in [0.25, 0.3) is 21.8 Å². The van der Waals surface area contributed by atoms with E-state index in [9.17, 15) is 4.79 Å². The van der Waals surface area contributed by atoms with E-state index < -0.39 is 0 Å². The molecule has 22 heavy (non-hydrogen) atoms. The minimum atomic E-state index is 0.101. The van der Waals surface area contributed by atoms with Crippen molar-refractivity contribution in [3.8, 4) is 0 Å². The van der Waals surface area contributed by atoms with E-state index in [2.05, 4.69) is 12.1 Å². The highest BCUT2D eigenvalue weighted by atomic mass is 16.2. The number of nitrogens with zero attached hydrogens (tertiary/aromatic N) is 1. The average Bonchev–Trinajstić information content (AvgIpc) is 2.90. The highest BCUT2D eigenvalue weighted by Gasteiger charge is 2.15. The zero-order valence-corrected chi connectivity index (χ0v) is 12.1. The Morgan fingerprint density at radius 2 is 1.18 bits per heavy atom. The molecule has 3 aromatic carbocycles. The van der Waals surface area contributed by atoms with Gasteiger partial charge in [0.1, 0.15) is 0 Å². The summed E-state index contributed by atoms with van der Waals surface area (Å²) in [4.78, 5) is 12.9. The van der Waals surface area contributed by atoms with Gasteiger partial charge in [-0.05, 0) is 17.7 Å². The van der Waals surface area contributed by atoms with Crippen molar-refractivity contribution < 1.29 is 4.79 Å². The van der Waals surface area contributed by atoms with Crippen molar-refractivity contribution in [1.29, 1.82) is 0 Å². The fourth-order valence-corrected chi connectivity index (χ4v) is 3.04. The van der Waals surface area contributed by atoms with Crippen LogP contribution in [0.3, 0.4) is 0 Å². The van der Waals surface area contributed by atoms with Crippen molar-refractivity contribution in [2.45, 2.75) is 6.42 Å². The van der Waals surface area contributed by atoms with Crippen LogP contribution in [0.4, 0.5) is 0 Å². The van der Waals surface area contributed by atoms with Crippen LogP contribution < -0.4 is 0 Å². The first kappa shape index (κ1) is 12.8. The largest absolute Gasteiger partial charge is 0.280 e. The van der Waals surface area contributed by atoms with Gasteiger partial charge in [0.2, 0.25) is 5.91 Å². The van der Waals surface area contributed by atoms with Gasteiger partial charge in [-0.3, -0.25) is 9.36 Å². The molecule has 1 aromatic heterocycles. The maximum absolute atomic E-state index is 12.9. The number of para-hydroxylation sites is 2. The number of fused-ring (bicyclic) bond motifs is 3. The highest BCUT2D eigenvalue weighted by molar-refractivity contribution is 6.13. The van der Waals surface area contributed by atoms with E-state index in [0.717, 1.165) is 27.4 Å². The third-order valence-corrected chi connectivity index (χ3v) is 4.03. The summed E-state index contributed by atoms with van der Waals surface area (Å²) in [6, 6.07) is 26.0. The normalized spacial score (nSPS) is 11.1. The smallest absolute Gasteiger partial charge is 0.235 e. The lowest BCUT2D eigenvalue weighted by atomic mass is 10.1. The molecule has 0 N–H and O–H groups in total. The van der Waals surface area contributed by atoms with Gasteiger partial charge in [0.05, 0.1) is 17.5 Å². The second-order valence-corrected chi connectivity index (χ2v) is 5.43. The van der Waals surface area contributed by atoms with Crippen molar-refractivity contribution in [3.05, 3.63) is 84.4 Å². The molecule has 2 heteroatoms. The first-order valence-electron chi connectivity index (χ1n) is 7.40. The molecule has 4 aromatic rings. The lowest BCUT2D eigenvalue weighted by molar-refractivity contribution is 0.0924. The van der Waals surface area contributed by atoms with Crippen LogP contribution in [0.1, 0.15) is 10.4 Å². The Balaban J connectivity index is 1.91. The summed E-state index contributed by atoms with van der Waals surface area (Å²) in [6.07, 6.45) is 0.406. The quantitative estimate of drug-likeness (QED) is 0.524. The van der Waals surface area contributed by atoms with E-state index in [-0.39, 0.29) is 5.91 Å². The standard InChI is InChI=1S/C20H15NO/c22-20(14-15-8-2-1-3-9-15)21-18-12-6-4-10-16(18)17-11-5-7-13-19(17)21/h1-13H,14H2. The molecule has 0 radical (unpaired) electrons. The number of hydrogen-bond acceptors (Lipinski definition) is 1. The molecule has 0 aliphatic heterocycles. The van der Waals surface area contributed by atoms with Crippen LogP contribution in [0.15, 0.2) is 78.9 Å². The number of hydrogen-bond donors (Lipinski definition) is 0. The molecule has 0 spiro atoms. The maximum atomic E-state index is 12.9. The van der Waals surface area contributed by atoms with Crippen molar-refractivity contribution in [2.75, 3.05) is 0 Å². The molecule has 106 valence electrons. The summed E-state index contributed by atoms with van der Waals surface area (Å²) in [5.74, 6) is 0.101. The van der Waals surface area contributed by atoms with Crippen molar-refractivity contribution in [3.63, 3.8) is 0 Å². The molecule has 1 heterocycles. The molecular formula is C20H15NO. The average molecular weight is 285 g/mol. The molecular weight excluding hydrogens is 270 g/mol. The fourth-order valence-electron chi connectivity index (χ4n) is 3.04. The van der Waals surface area contributed by atoms with Gasteiger partial charge >= 0.3 is 0 Å². The molecule has 4 rings (SSSR count). The first-order valence-corrected chi connectivity index (χ1v) is 7.40. The van der Waals surface area contributed by atoms with E-state index in [4.69, 9.17) is 0 Å². The third-order valence-electron chi connectivity index (χ3n) is 4.03. The molecule has 0 bridgehead atoms. The number of rotatable bonds is 2. The summed E-state index contributed by atoms with van der Waals surface area (Å²) in [7, 11) is 0. The van der Waals surface area contributed by atoms with Gasteiger partial charge in [-0.1, -0.05) is 66.7 Å². The van der Waals surface area contributed by atoms with E-state index in [1.807, 2.05) is 71.3 Å². The number of aromatic nitrogens is 1. The van der Waals surface area contributed by atoms with E-state index in [1.165, 1.54) is 0 Å². The molecule has 0 amide bonds. The Morgan fingerprint density at radius 3 is 1.77 bits per heavy atom. The molecule has 0 aliphatic carbocycles. The lowest BCUT2D eigenvalue weighted by Gasteiger charge is -2.06. The Hall–Kier alpha value is -2.87. The van der Waals surface area contributed by atoms with Crippen LogP contribution in [0, 0.1) is 0 Å². The van der Waals surface area contributed by atoms with Gasteiger partial charge in [-0.2, -0.15) is 0 Å². The Labute approximate surface area is 128 Å². The van der Waals surface area contributed by atoms with E-state index >= 15 is 0 Å². The summed E-state index contributed by atoms with van der Waals surface area (Å²) < 4.78 is 1.84. The number of benzene rings is 3. The van der Waals surface area contributed by atoms with Crippen molar-refractivity contribution in [1.82, 2.24) is 4.57 Å². The second-order valence-electron chi connectivity index (χ2n) is 5.43. The van der Waals surface area contributed by atoms with E-state index in [1.54, 1.807) is 0 Å². The SMILES string of the molecule is O=C(Cc1ccccc1)n1c2ccccc2c2ccccc21. The molecule has 0 fully saturated rings. The number of carbonyl (C=O) groups is 1. The topological polar surface area (TPSA) is 22.0 Å². The minimum absolute atomic E-state index is 0.101. The van der Waals surface area contributed by atoms with Gasteiger partial charge in [-0.15, -0.1) is 0 Å². The highest BCUT2D eigenvalue weighted by Crippen LogP contribution is 2.28. The monoisotopic (exact) mass is 285 g/mol. The van der Waals surface area contributed by atoms with Gasteiger partial charge in [0, 0.05) is 10.8 Å². The Kier molecular flexibility index (Phi) is 3.01. The third kappa shape index (κ3) is 2.01. The van der Waals surface area contributed by atoms with Gasteiger partial charge in [-0.25, -0.2) is 0 Å². The van der Waals surface area contributed by atoms with Gasteiger partial charge in [0.15, 0.2) is 0 Å². The zero-order chi connectivity index (χ0) is 14.9. The van der Waals surface area contributed by atoms with Crippen LogP contribution in [0.2, 0.25) is 0 Å². The first-order chi connectivity index (χ1) is 10.8. The molecule has 2 nitrogen and oxygen atoms in total. The summed E-state index contributed by atoms with van der Waals surface area (Å²) in [5.41, 5.74) is 2.99. The van der Waals surface area contributed by atoms with Crippen LogP contribution in [-0.4, -0.2) is 10.5 Å². The van der Waals surface area contributed by atoms with Crippen molar-refractivity contribution >= 4 is 27.7 Å². The zero-order valence-electron chi connectivity index (χ0n) is 12.1. The molecule has 0 unspecified atom stereocenters. The van der Waals surface area contributed by atoms with Crippen molar-refractivity contribution in [2.24, 2.45) is 0 Å². The lowest BCUT2D eigenvalue weighted by Crippen LogP contribution is -2.13. The molecule has 0 aliphatic rings. The molecule has 0 atom stereocenters. The fraction of sp³-hybridized carbons (Fsp3) is 0.0500. The van der Waals surface area contributed by atoms with Crippen LogP contribution >= 0.6 is 0 Å².